The van der Waals surface area contributed by atoms with E-state index >= 15 is 0 Å². The van der Waals surface area contributed by atoms with Gasteiger partial charge in [-0.25, -0.2) is 0 Å². The number of piperidine rings is 1. The van der Waals surface area contributed by atoms with Crippen LogP contribution in [0.25, 0.3) is 0 Å². The van der Waals surface area contributed by atoms with Crippen molar-refractivity contribution in [3.05, 3.63) is 11.7 Å². The second kappa shape index (κ2) is 5.40. The van der Waals surface area contributed by atoms with Gasteiger partial charge in [-0.3, -0.25) is 9.69 Å². The molecule has 1 fully saturated rings. The summed E-state index contributed by atoms with van der Waals surface area (Å²) in [5.41, 5.74) is 0. The van der Waals surface area contributed by atoms with Gasteiger partial charge in [-0.1, -0.05) is 12.1 Å². The van der Waals surface area contributed by atoms with E-state index in [1.807, 2.05) is 6.92 Å². The van der Waals surface area contributed by atoms with E-state index in [2.05, 4.69) is 15.0 Å². The Balaban J connectivity index is 1.83. The molecule has 0 radical (unpaired) electrons. The number of hydrogen-bond acceptors (Lipinski definition) is 5. The molecule has 0 amide bonds. The Morgan fingerprint density at radius 1 is 1.47 bits per heavy atom. The number of hydrogen-bond donors (Lipinski definition) is 0. The zero-order chi connectivity index (χ0) is 12.3. The van der Waals surface area contributed by atoms with E-state index in [1.54, 1.807) is 6.92 Å². The zero-order valence-electron chi connectivity index (χ0n) is 10.5. The van der Waals surface area contributed by atoms with E-state index in [-0.39, 0.29) is 5.92 Å². The molecular weight excluding hydrogens is 218 g/mol. The van der Waals surface area contributed by atoms with Crippen LogP contribution >= 0.6 is 0 Å². The molecule has 1 aromatic heterocycles. The number of Topliss-reactive ketones (excluding diaryl/α,β-unsaturated/α-hetero) is 1. The van der Waals surface area contributed by atoms with Crippen LogP contribution in [0.3, 0.4) is 0 Å². The topological polar surface area (TPSA) is 59.2 Å². The highest BCUT2D eigenvalue weighted by Crippen LogP contribution is 2.19. The monoisotopic (exact) mass is 237 g/mol. The average Bonchev–Trinajstić information content (AvgIpc) is 2.77. The van der Waals surface area contributed by atoms with Crippen LogP contribution in [0.4, 0.5) is 0 Å². The molecule has 94 valence electrons. The molecule has 1 aliphatic heterocycles. The lowest BCUT2D eigenvalue weighted by molar-refractivity contribution is -0.122. The van der Waals surface area contributed by atoms with Gasteiger partial charge >= 0.3 is 0 Å². The quantitative estimate of drug-likeness (QED) is 0.793. The van der Waals surface area contributed by atoms with Gasteiger partial charge in [0.2, 0.25) is 5.89 Å². The van der Waals surface area contributed by atoms with Crippen LogP contribution in [0.1, 0.15) is 38.4 Å². The summed E-state index contributed by atoms with van der Waals surface area (Å²) in [5, 5.41) is 3.94. The van der Waals surface area contributed by atoms with Crippen molar-refractivity contribution >= 4 is 5.78 Å². The molecule has 0 N–H and O–H groups in total. The fourth-order valence-corrected chi connectivity index (χ4v) is 2.20. The first-order valence-corrected chi connectivity index (χ1v) is 6.23. The van der Waals surface area contributed by atoms with Crippen molar-refractivity contribution in [3.8, 4) is 0 Å². The Hall–Kier alpha value is -1.23. The lowest BCUT2D eigenvalue weighted by atomic mass is 9.93. The summed E-state index contributed by atoms with van der Waals surface area (Å²) in [6.45, 7) is 6.30. The normalized spacial score (nSPS) is 18.5. The van der Waals surface area contributed by atoms with Crippen molar-refractivity contribution in [3.63, 3.8) is 0 Å². The Morgan fingerprint density at radius 2 is 2.18 bits per heavy atom. The van der Waals surface area contributed by atoms with Crippen LogP contribution in [-0.2, 0) is 17.8 Å². The van der Waals surface area contributed by atoms with Crippen molar-refractivity contribution in [2.45, 2.75) is 39.7 Å². The summed E-state index contributed by atoms with van der Waals surface area (Å²) in [5.74, 6) is 2.02. The van der Waals surface area contributed by atoms with E-state index in [0.29, 0.717) is 11.7 Å². The second-order valence-electron chi connectivity index (χ2n) is 4.62. The Morgan fingerprint density at radius 3 is 2.71 bits per heavy atom. The molecule has 0 atom stereocenters. The molecule has 1 aliphatic rings. The molecule has 1 saturated heterocycles. The highest BCUT2D eigenvalue weighted by Gasteiger charge is 2.23. The molecule has 0 aliphatic carbocycles. The van der Waals surface area contributed by atoms with Crippen LogP contribution in [-0.4, -0.2) is 33.9 Å². The van der Waals surface area contributed by atoms with E-state index in [0.717, 1.165) is 44.7 Å². The van der Waals surface area contributed by atoms with Gasteiger partial charge in [-0.2, -0.15) is 4.98 Å². The standard InChI is InChI=1S/C12H19N3O2/c1-3-12-13-11(14-17-12)8-15-6-4-10(5-7-15)9(2)16/h10H,3-8H2,1-2H3. The minimum absolute atomic E-state index is 0.253. The van der Waals surface area contributed by atoms with E-state index in [9.17, 15) is 4.79 Å². The van der Waals surface area contributed by atoms with Crippen molar-refractivity contribution in [2.75, 3.05) is 13.1 Å². The van der Waals surface area contributed by atoms with Gasteiger partial charge in [-0.05, 0) is 32.9 Å². The van der Waals surface area contributed by atoms with Gasteiger partial charge in [0.1, 0.15) is 5.78 Å². The lowest BCUT2D eigenvalue weighted by Gasteiger charge is -2.29. The number of carbonyl (C=O) groups is 1. The predicted octanol–water partition coefficient (Wildman–Crippen LogP) is 1.43. The number of rotatable bonds is 4. The van der Waals surface area contributed by atoms with Gasteiger partial charge in [0.25, 0.3) is 0 Å². The van der Waals surface area contributed by atoms with Crippen molar-refractivity contribution < 1.29 is 9.32 Å². The third kappa shape index (κ3) is 3.12. The molecule has 5 heteroatoms. The fraction of sp³-hybridized carbons (Fsp3) is 0.750. The van der Waals surface area contributed by atoms with Crippen LogP contribution in [0, 0.1) is 5.92 Å². The van der Waals surface area contributed by atoms with Crippen molar-refractivity contribution in [1.29, 1.82) is 0 Å². The van der Waals surface area contributed by atoms with Gasteiger partial charge in [-0.15, -0.1) is 0 Å². The van der Waals surface area contributed by atoms with E-state index in [4.69, 9.17) is 4.52 Å². The third-order valence-corrected chi connectivity index (χ3v) is 3.34. The molecule has 0 unspecified atom stereocenters. The second-order valence-corrected chi connectivity index (χ2v) is 4.62. The minimum Gasteiger partial charge on any atom is -0.339 e. The molecule has 2 rings (SSSR count). The Kier molecular flexibility index (Phi) is 3.89. The van der Waals surface area contributed by atoms with Gasteiger partial charge in [0.15, 0.2) is 5.82 Å². The highest BCUT2D eigenvalue weighted by atomic mass is 16.5. The maximum Gasteiger partial charge on any atom is 0.226 e. The number of aryl methyl sites for hydroxylation is 1. The number of nitrogens with zero attached hydrogens (tertiary/aromatic N) is 3. The molecule has 0 bridgehead atoms. The smallest absolute Gasteiger partial charge is 0.226 e. The van der Waals surface area contributed by atoms with E-state index < -0.39 is 0 Å². The molecule has 17 heavy (non-hydrogen) atoms. The first kappa shape index (κ1) is 12.2. The van der Waals surface area contributed by atoms with Crippen LogP contribution in [0.5, 0.6) is 0 Å². The first-order valence-electron chi connectivity index (χ1n) is 6.23. The highest BCUT2D eigenvalue weighted by molar-refractivity contribution is 5.78. The van der Waals surface area contributed by atoms with Gasteiger partial charge in [0.05, 0.1) is 6.54 Å². The van der Waals surface area contributed by atoms with Crippen LogP contribution < -0.4 is 0 Å². The summed E-state index contributed by atoms with van der Waals surface area (Å²) in [6, 6.07) is 0. The molecule has 2 heterocycles. The van der Waals surface area contributed by atoms with Gasteiger partial charge < -0.3 is 4.52 Å². The molecule has 0 aromatic carbocycles. The predicted molar refractivity (Wildman–Crippen MR) is 62.4 cm³/mol. The molecule has 1 aromatic rings. The number of likely N-dealkylation sites (tertiary alicyclic amines) is 1. The summed E-state index contributed by atoms with van der Waals surface area (Å²) < 4.78 is 5.07. The number of aromatic nitrogens is 2. The summed E-state index contributed by atoms with van der Waals surface area (Å²) in [6.07, 6.45) is 2.68. The number of carbonyl (C=O) groups excluding carboxylic acids is 1. The average molecular weight is 237 g/mol. The number of ketones is 1. The van der Waals surface area contributed by atoms with Crippen LogP contribution in [0.2, 0.25) is 0 Å². The van der Waals surface area contributed by atoms with Crippen molar-refractivity contribution in [1.82, 2.24) is 15.0 Å². The summed E-state index contributed by atoms with van der Waals surface area (Å²) >= 11 is 0. The molecule has 0 saturated carbocycles. The SMILES string of the molecule is CCc1nc(CN2CCC(C(C)=O)CC2)no1. The largest absolute Gasteiger partial charge is 0.339 e. The molecule has 5 nitrogen and oxygen atoms in total. The summed E-state index contributed by atoms with van der Waals surface area (Å²) in [4.78, 5) is 17.8. The maximum atomic E-state index is 11.2. The molecule has 0 spiro atoms. The third-order valence-electron chi connectivity index (χ3n) is 3.34. The van der Waals surface area contributed by atoms with Gasteiger partial charge in [0, 0.05) is 12.3 Å². The Labute approximate surface area is 101 Å². The fourth-order valence-electron chi connectivity index (χ4n) is 2.20. The lowest BCUT2D eigenvalue weighted by Crippen LogP contribution is -2.35. The zero-order valence-corrected chi connectivity index (χ0v) is 10.5. The minimum atomic E-state index is 0.253. The maximum absolute atomic E-state index is 11.2. The summed E-state index contributed by atoms with van der Waals surface area (Å²) in [7, 11) is 0. The first-order chi connectivity index (χ1) is 8.19. The Bertz CT molecular complexity index is 381. The van der Waals surface area contributed by atoms with E-state index in [1.165, 1.54) is 0 Å². The van der Waals surface area contributed by atoms with Crippen LogP contribution in [0.15, 0.2) is 4.52 Å². The molecular formula is C12H19N3O2. The van der Waals surface area contributed by atoms with Crippen molar-refractivity contribution in [2.24, 2.45) is 5.92 Å².